The maximum Gasteiger partial charge on any atom is 0.277 e. The third-order valence-electron chi connectivity index (χ3n) is 3.66. The average molecular weight is 403 g/mol. The maximum absolute atomic E-state index is 12.5. The number of carbonyl (C=O) groups excluding carboxylic acids is 2. The van der Waals surface area contributed by atoms with Crippen molar-refractivity contribution < 1.29 is 14.0 Å². The number of Topliss-reactive ketones (excluding diaryl/α,β-unsaturated/α-hetero) is 1. The van der Waals surface area contributed by atoms with Crippen LogP contribution in [0.5, 0.6) is 0 Å². The molecule has 1 aromatic carbocycles. The first-order valence-corrected chi connectivity index (χ1v) is 9.99. The number of carbonyl (C=O) groups is 2. The van der Waals surface area contributed by atoms with Gasteiger partial charge in [-0.3, -0.25) is 9.59 Å². The molecule has 0 saturated carbocycles. The third-order valence-corrected chi connectivity index (χ3v) is 5.41. The number of para-hydroxylation sites is 1. The van der Waals surface area contributed by atoms with Crippen LogP contribution in [0, 0.1) is 6.92 Å². The second kappa shape index (κ2) is 8.45. The molecular weight excluding hydrogens is 384 g/mol. The summed E-state index contributed by atoms with van der Waals surface area (Å²) in [6.45, 7) is 5.14. The fraction of sp³-hybridized carbons (Fsp3) is 0.278. The highest BCUT2D eigenvalue weighted by Crippen LogP contribution is 2.25. The summed E-state index contributed by atoms with van der Waals surface area (Å²) < 4.78 is 5.60. The molecule has 0 radical (unpaired) electrons. The van der Waals surface area contributed by atoms with E-state index in [1.807, 2.05) is 12.3 Å². The minimum atomic E-state index is -0.472. The Morgan fingerprint density at radius 3 is 2.78 bits per heavy atom. The van der Waals surface area contributed by atoms with E-state index in [0.717, 1.165) is 10.7 Å². The predicted octanol–water partition coefficient (Wildman–Crippen LogP) is 3.75. The van der Waals surface area contributed by atoms with Crippen LogP contribution in [0.2, 0.25) is 0 Å². The molecule has 1 atom stereocenters. The van der Waals surface area contributed by atoms with Crippen LogP contribution < -0.4 is 5.32 Å². The van der Waals surface area contributed by atoms with Crippen LogP contribution in [0.15, 0.2) is 39.3 Å². The van der Waals surface area contributed by atoms with Crippen molar-refractivity contribution in [2.75, 3.05) is 5.32 Å². The number of nitrogens with one attached hydrogen (secondary N) is 1. The van der Waals surface area contributed by atoms with Crippen LogP contribution in [0.25, 0.3) is 0 Å². The van der Waals surface area contributed by atoms with Gasteiger partial charge in [-0.2, -0.15) is 0 Å². The zero-order valence-corrected chi connectivity index (χ0v) is 16.7. The van der Waals surface area contributed by atoms with E-state index in [-0.39, 0.29) is 11.7 Å². The number of aryl methyl sites for hydroxylation is 1. The zero-order chi connectivity index (χ0) is 19.4. The van der Waals surface area contributed by atoms with Crippen LogP contribution >= 0.6 is 23.1 Å². The molecule has 1 amide bonds. The van der Waals surface area contributed by atoms with Crippen molar-refractivity contribution in [3.8, 4) is 0 Å². The van der Waals surface area contributed by atoms with Gasteiger partial charge in [-0.1, -0.05) is 23.9 Å². The van der Waals surface area contributed by atoms with Gasteiger partial charge in [0.2, 0.25) is 11.8 Å². The molecule has 1 N–H and O–H groups in total. The fourth-order valence-corrected chi connectivity index (χ4v) is 3.65. The van der Waals surface area contributed by atoms with Gasteiger partial charge in [0.05, 0.1) is 28.1 Å². The van der Waals surface area contributed by atoms with Gasteiger partial charge in [0.25, 0.3) is 5.22 Å². The molecule has 0 unspecified atom stereocenters. The van der Waals surface area contributed by atoms with Crippen LogP contribution in [-0.4, -0.2) is 32.1 Å². The second-order valence-corrected chi connectivity index (χ2v) is 8.20. The molecule has 0 aliphatic carbocycles. The molecular formula is C18H18N4O3S2. The number of benzene rings is 1. The lowest BCUT2D eigenvalue weighted by Crippen LogP contribution is -2.23. The number of aromatic nitrogens is 3. The molecule has 2 aromatic heterocycles. The van der Waals surface area contributed by atoms with Crippen molar-refractivity contribution in [2.45, 2.75) is 37.7 Å². The van der Waals surface area contributed by atoms with Crippen molar-refractivity contribution in [3.63, 3.8) is 0 Å². The number of hydrogen-bond acceptors (Lipinski definition) is 8. The Morgan fingerprint density at radius 2 is 2.07 bits per heavy atom. The number of rotatable bonds is 7. The minimum absolute atomic E-state index is 0.106. The highest BCUT2D eigenvalue weighted by atomic mass is 32.2. The second-order valence-electron chi connectivity index (χ2n) is 5.85. The SMILES string of the molecule is CC(=O)c1ccccc1NC(=O)[C@@H](C)Sc1nnc(Cc2csc(C)n2)o1. The van der Waals surface area contributed by atoms with Gasteiger partial charge in [-0.15, -0.1) is 21.5 Å². The summed E-state index contributed by atoms with van der Waals surface area (Å²) in [6, 6.07) is 6.91. The predicted molar refractivity (Wildman–Crippen MR) is 104 cm³/mol. The minimum Gasteiger partial charge on any atom is -0.416 e. The highest BCUT2D eigenvalue weighted by Gasteiger charge is 2.20. The lowest BCUT2D eigenvalue weighted by atomic mass is 10.1. The smallest absolute Gasteiger partial charge is 0.277 e. The normalized spacial score (nSPS) is 12.0. The number of amides is 1. The number of thioether (sulfide) groups is 1. The molecule has 0 bridgehead atoms. The van der Waals surface area contributed by atoms with Crippen molar-refractivity contribution in [3.05, 3.63) is 51.8 Å². The fourth-order valence-electron chi connectivity index (χ4n) is 2.34. The lowest BCUT2D eigenvalue weighted by molar-refractivity contribution is -0.115. The largest absolute Gasteiger partial charge is 0.416 e. The molecule has 0 aliphatic rings. The van der Waals surface area contributed by atoms with Crippen LogP contribution in [-0.2, 0) is 11.2 Å². The molecule has 2 heterocycles. The molecule has 3 rings (SSSR count). The molecule has 140 valence electrons. The quantitative estimate of drug-likeness (QED) is 0.475. The Kier molecular flexibility index (Phi) is 6.02. The summed E-state index contributed by atoms with van der Waals surface area (Å²) in [5.74, 6) is 0.103. The molecule has 3 aromatic rings. The van der Waals surface area contributed by atoms with Crippen LogP contribution in [0.3, 0.4) is 0 Å². The van der Waals surface area contributed by atoms with E-state index >= 15 is 0 Å². The third kappa shape index (κ3) is 5.01. The zero-order valence-electron chi connectivity index (χ0n) is 15.1. The van der Waals surface area contributed by atoms with E-state index in [2.05, 4.69) is 20.5 Å². The maximum atomic E-state index is 12.5. The van der Waals surface area contributed by atoms with E-state index < -0.39 is 5.25 Å². The topological polar surface area (TPSA) is 98.0 Å². The van der Waals surface area contributed by atoms with Crippen molar-refractivity contribution >= 4 is 40.5 Å². The summed E-state index contributed by atoms with van der Waals surface area (Å²) in [7, 11) is 0. The molecule has 0 saturated heterocycles. The Balaban J connectivity index is 1.61. The van der Waals surface area contributed by atoms with Crippen LogP contribution in [0.4, 0.5) is 5.69 Å². The van der Waals surface area contributed by atoms with E-state index in [1.54, 1.807) is 42.5 Å². The molecule has 0 aliphatic heterocycles. The summed E-state index contributed by atoms with van der Waals surface area (Å²) in [4.78, 5) is 28.5. The van der Waals surface area contributed by atoms with Gasteiger partial charge in [0.1, 0.15) is 0 Å². The van der Waals surface area contributed by atoms with Crippen molar-refractivity contribution in [2.24, 2.45) is 0 Å². The Labute approximate surface area is 164 Å². The average Bonchev–Trinajstić information content (AvgIpc) is 3.24. The molecule has 0 fully saturated rings. The molecule has 9 heteroatoms. The standard InChI is InChI=1S/C18H18N4O3S2/c1-10(23)14-6-4-5-7-15(14)20-17(24)11(2)27-18-22-21-16(25-18)8-13-9-26-12(3)19-13/h4-7,9,11H,8H2,1-3H3,(H,20,24)/t11-/m1/s1. The first-order valence-electron chi connectivity index (χ1n) is 8.23. The van der Waals surface area contributed by atoms with E-state index in [4.69, 9.17) is 4.42 Å². The number of hydrogen-bond donors (Lipinski definition) is 1. The first kappa shape index (κ1) is 19.2. The number of ketones is 1. The van der Waals surface area contributed by atoms with Crippen molar-refractivity contribution in [1.29, 1.82) is 0 Å². The molecule has 27 heavy (non-hydrogen) atoms. The number of anilines is 1. The van der Waals surface area contributed by atoms with Gasteiger partial charge < -0.3 is 9.73 Å². The molecule has 7 nitrogen and oxygen atoms in total. The Hall–Kier alpha value is -2.52. The number of nitrogens with zero attached hydrogens (tertiary/aromatic N) is 3. The van der Waals surface area contributed by atoms with Gasteiger partial charge in [-0.25, -0.2) is 4.98 Å². The van der Waals surface area contributed by atoms with Crippen molar-refractivity contribution in [1.82, 2.24) is 15.2 Å². The van der Waals surface area contributed by atoms with E-state index in [9.17, 15) is 9.59 Å². The van der Waals surface area contributed by atoms with E-state index in [0.29, 0.717) is 28.8 Å². The monoisotopic (exact) mass is 402 g/mol. The summed E-state index contributed by atoms with van der Waals surface area (Å²) in [6.07, 6.45) is 0.463. The first-order chi connectivity index (χ1) is 12.9. The van der Waals surface area contributed by atoms with E-state index in [1.165, 1.54) is 18.7 Å². The van der Waals surface area contributed by atoms with Gasteiger partial charge in [0, 0.05) is 10.9 Å². The number of thiazole rings is 1. The summed E-state index contributed by atoms with van der Waals surface area (Å²) in [5.41, 5.74) is 1.85. The molecule has 0 spiro atoms. The van der Waals surface area contributed by atoms with Gasteiger partial charge in [0.15, 0.2) is 5.78 Å². The Bertz CT molecular complexity index is 967. The summed E-state index contributed by atoms with van der Waals surface area (Å²) >= 11 is 2.73. The van der Waals surface area contributed by atoms with Gasteiger partial charge in [-0.05, 0) is 32.9 Å². The van der Waals surface area contributed by atoms with Crippen LogP contribution in [0.1, 0.15) is 40.8 Å². The lowest BCUT2D eigenvalue weighted by Gasteiger charge is -2.12. The van der Waals surface area contributed by atoms with Gasteiger partial charge >= 0.3 is 0 Å². The Morgan fingerprint density at radius 1 is 1.30 bits per heavy atom. The summed E-state index contributed by atoms with van der Waals surface area (Å²) in [5, 5.41) is 13.6. The highest BCUT2D eigenvalue weighted by molar-refractivity contribution is 8.00.